The van der Waals surface area contributed by atoms with Crippen LogP contribution in [0.2, 0.25) is 0 Å². The second-order valence-electron chi connectivity index (χ2n) is 4.47. The first-order valence-corrected chi connectivity index (χ1v) is 7.95. The minimum absolute atomic E-state index is 0.0172. The maximum absolute atomic E-state index is 12.3. The van der Waals surface area contributed by atoms with E-state index in [1.165, 1.54) is 0 Å². The molecule has 3 N–H and O–H groups in total. The number of carboxylic acid groups (broad SMARTS) is 1. The summed E-state index contributed by atoms with van der Waals surface area (Å²) in [7, 11) is -4.02. The van der Waals surface area contributed by atoms with Gasteiger partial charge in [0.05, 0.1) is 6.61 Å². The van der Waals surface area contributed by atoms with Gasteiger partial charge in [0.2, 0.25) is 5.95 Å². The number of aromatic amines is 1. The number of H-pyrrole nitrogens is 1. The lowest BCUT2D eigenvalue weighted by Gasteiger charge is -2.31. The van der Waals surface area contributed by atoms with E-state index in [4.69, 9.17) is 9.84 Å². The summed E-state index contributed by atoms with van der Waals surface area (Å²) in [6, 6.07) is -1.05. The molecule has 118 valence electrons. The Kier molecular flexibility index (Phi) is 4.63. The molecule has 1 fully saturated rings. The van der Waals surface area contributed by atoms with Gasteiger partial charge in [0.25, 0.3) is 0 Å². The molecule has 1 saturated heterocycles. The Morgan fingerprint density at radius 2 is 2.33 bits per heavy atom. The number of ether oxygens (including phenoxy) is 1. The van der Waals surface area contributed by atoms with Crippen molar-refractivity contribution in [3.63, 3.8) is 0 Å². The van der Waals surface area contributed by atoms with Crippen LogP contribution in [0.5, 0.6) is 6.01 Å². The molecule has 1 aromatic rings. The summed E-state index contributed by atoms with van der Waals surface area (Å²) in [5.74, 6) is -1.28. The Morgan fingerprint density at radius 1 is 1.57 bits per heavy atom. The third-order valence-electron chi connectivity index (χ3n) is 3.01. The van der Waals surface area contributed by atoms with Crippen LogP contribution in [-0.2, 0) is 15.0 Å². The number of carboxylic acids is 1. The van der Waals surface area contributed by atoms with E-state index in [1.807, 2.05) is 0 Å². The van der Waals surface area contributed by atoms with Gasteiger partial charge in [-0.3, -0.25) is 4.79 Å². The van der Waals surface area contributed by atoms with Crippen LogP contribution in [0.1, 0.15) is 26.2 Å². The van der Waals surface area contributed by atoms with Crippen molar-refractivity contribution in [1.29, 1.82) is 0 Å². The van der Waals surface area contributed by atoms with Crippen LogP contribution in [0.15, 0.2) is 0 Å². The minimum atomic E-state index is -4.02. The van der Waals surface area contributed by atoms with E-state index in [1.54, 1.807) is 6.92 Å². The van der Waals surface area contributed by atoms with Gasteiger partial charge in [0, 0.05) is 6.54 Å². The lowest BCUT2D eigenvalue weighted by atomic mass is 10.1. The fourth-order valence-electron chi connectivity index (χ4n) is 2.11. The number of aliphatic carboxylic acids is 1. The quantitative estimate of drug-likeness (QED) is 0.660. The smallest absolute Gasteiger partial charge is 0.337 e. The molecule has 21 heavy (non-hydrogen) atoms. The van der Waals surface area contributed by atoms with Crippen LogP contribution in [0.3, 0.4) is 0 Å². The Labute approximate surface area is 121 Å². The van der Waals surface area contributed by atoms with Gasteiger partial charge in [-0.1, -0.05) is 0 Å². The lowest BCUT2D eigenvalue weighted by molar-refractivity contribution is -0.142. The highest BCUT2D eigenvalue weighted by atomic mass is 32.2. The van der Waals surface area contributed by atoms with E-state index in [-0.39, 0.29) is 24.9 Å². The average molecular weight is 319 g/mol. The SMILES string of the molecule is CCOc1n[nH]c(NS(=O)(=O)N2CCCCC2C(=O)O)n1. The molecular formula is C10H17N5O5S. The predicted molar refractivity (Wildman–Crippen MR) is 72.1 cm³/mol. The van der Waals surface area contributed by atoms with Gasteiger partial charge in [0.1, 0.15) is 6.04 Å². The molecule has 0 spiro atoms. The molecule has 11 heteroatoms. The van der Waals surface area contributed by atoms with Crippen molar-refractivity contribution in [1.82, 2.24) is 19.5 Å². The first-order valence-electron chi connectivity index (χ1n) is 6.51. The first kappa shape index (κ1) is 15.5. The standard InChI is InChI=1S/C10H17N5O5S/c1-2-20-10-11-9(12-13-10)14-21(18,19)15-6-4-3-5-7(15)8(16)17/h7H,2-6H2,1H3,(H,16,17)(H2,11,12,13,14). The third-order valence-corrected chi connectivity index (χ3v) is 4.52. The van der Waals surface area contributed by atoms with E-state index in [0.717, 1.165) is 4.31 Å². The van der Waals surface area contributed by atoms with Crippen molar-refractivity contribution >= 4 is 22.1 Å². The maximum Gasteiger partial charge on any atom is 0.337 e. The molecule has 0 amide bonds. The number of aromatic nitrogens is 3. The summed E-state index contributed by atoms with van der Waals surface area (Å²) in [6.45, 7) is 2.24. The van der Waals surface area contributed by atoms with Gasteiger partial charge < -0.3 is 9.84 Å². The van der Waals surface area contributed by atoms with E-state index in [2.05, 4.69) is 19.9 Å². The molecule has 0 bridgehead atoms. The summed E-state index contributed by atoms with van der Waals surface area (Å²) >= 11 is 0. The molecule has 0 aromatic carbocycles. The molecule has 0 saturated carbocycles. The lowest BCUT2D eigenvalue weighted by Crippen LogP contribution is -2.50. The van der Waals surface area contributed by atoms with Crippen LogP contribution in [-0.4, -0.2) is 58.2 Å². The summed E-state index contributed by atoms with van der Waals surface area (Å²) in [4.78, 5) is 15.0. The Balaban J connectivity index is 2.14. The largest absolute Gasteiger partial charge is 0.480 e. The molecule has 0 aliphatic carbocycles. The molecule has 1 aliphatic rings. The zero-order chi connectivity index (χ0) is 15.5. The molecule has 1 aliphatic heterocycles. The molecule has 2 heterocycles. The summed E-state index contributed by atoms with van der Waals surface area (Å²) in [5, 5.41) is 15.2. The molecular weight excluding hydrogens is 302 g/mol. The van der Waals surface area contributed by atoms with Gasteiger partial charge >= 0.3 is 22.2 Å². The molecule has 10 nitrogen and oxygen atoms in total. The monoisotopic (exact) mass is 319 g/mol. The maximum atomic E-state index is 12.3. The van der Waals surface area contributed by atoms with Crippen LogP contribution in [0.4, 0.5) is 5.95 Å². The Hall–Kier alpha value is -1.88. The molecule has 1 aromatic heterocycles. The van der Waals surface area contributed by atoms with Crippen LogP contribution in [0, 0.1) is 0 Å². The highest BCUT2D eigenvalue weighted by Crippen LogP contribution is 2.21. The van der Waals surface area contributed by atoms with Gasteiger partial charge in [0.15, 0.2) is 0 Å². The Bertz CT molecular complexity index is 601. The normalized spacial score (nSPS) is 20.1. The van der Waals surface area contributed by atoms with Crippen molar-refractivity contribution in [2.24, 2.45) is 0 Å². The van der Waals surface area contributed by atoms with Crippen molar-refractivity contribution in [2.45, 2.75) is 32.2 Å². The summed E-state index contributed by atoms with van der Waals surface area (Å²) in [5.41, 5.74) is 0. The molecule has 1 atom stereocenters. The van der Waals surface area contributed by atoms with Gasteiger partial charge in [-0.05, 0) is 26.2 Å². The van der Waals surface area contributed by atoms with Crippen molar-refractivity contribution < 1.29 is 23.1 Å². The summed E-state index contributed by atoms with van der Waals surface area (Å²) < 4.78 is 32.6. The van der Waals surface area contributed by atoms with Crippen LogP contribution < -0.4 is 9.46 Å². The van der Waals surface area contributed by atoms with E-state index in [0.29, 0.717) is 19.4 Å². The zero-order valence-corrected chi connectivity index (χ0v) is 12.3. The number of anilines is 1. The van der Waals surface area contributed by atoms with Gasteiger partial charge in [-0.25, -0.2) is 9.82 Å². The second-order valence-corrected chi connectivity index (χ2v) is 6.09. The fourth-order valence-corrected chi connectivity index (χ4v) is 3.46. The predicted octanol–water partition coefficient (Wildman–Crippen LogP) is -0.201. The number of hydrogen-bond acceptors (Lipinski definition) is 6. The molecule has 0 radical (unpaired) electrons. The van der Waals surface area contributed by atoms with Gasteiger partial charge in [-0.15, -0.1) is 5.10 Å². The second kappa shape index (κ2) is 6.26. The topological polar surface area (TPSA) is 138 Å². The number of hydrogen-bond donors (Lipinski definition) is 3. The summed E-state index contributed by atoms with van der Waals surface area (Å²) in [6.07, 6.45) is 1.59. The molecule has 2 rings (SSSR count). The minimum Gasteiger partial charge on any atom is -0.480 e. The van der Waals surface area contributed by atoms with Crippen molar-refractivity contribution in [3.05, 3.63) is 0 Å². The average Bonchev–Trinajstić information content (AvgIpc) is 2.86. The number of nitrogens with zero attached hydrogens (tertiary/aromatic N) is 3. The van der Waals surface area contributed by atoms with Crippen molar-refractivity contribution in [3.8, 4) is 6.01 Å². The number of piperidine rings is 1. The van der Waals surface area contributed by atoms with E-state index >= 15 is 0 Å². The molecule has 1 unspecified atom stereocenters. The van der Waals surface area contributed by atoms with Crippen molar-refractivity contribution in [2.75, 3.05) is 17.9 Å². The fraction of sp³-hybridized carbons (Fsp3) is 0.700. The van der Waals surface area contributed by atoms with Crippen LogP contribution in [0.25, 0.3) is 0 Å². The Morgan fingerprint density at radius 3 is 3.00 bits per heavy atom. The first-order chi connectivity index (χ1) is 9.94. The van der Waals surface area contributed by atoms with E-state index < -0.39 is 22.2 Å². The number of rotatable bonds is 6. The highest BCUT2D eigenvalue weighted by Gasteiger charge is 2.37. The van der Waals surface area contributed by atoms with Crippen LogP contribution >= 0.6 is 0 Å². The van der Waals surface area contributed by atoms with E-state index in [9.17, 15) is 13.2 Å². The highest BCUT2D eigenvalue weighted by molar-refractivity contribution is 7.90. The van der Waals surface area contributed by atoms with Gasteiger partial charge in [-0.2, -0.15) is 17.7 Å². The third kappa shape index (κ3) is 3.61. The number of nitrogens with one attached hydrogen (secondary N) is 2. The zero-order valence-electron chi connectivity index (χ0n) is 11.4. The number of carbonyl (C=O) groups is 1.